The molecular formula is C31H59N5O5. The first-order valence-corrected chi connectivity index (χ1v) is 15.4. The lowest BCUT2D eigenvalue weighted by molar-refractivity contribution is -0.141. The van der Waals surface area contributed by atoms with Crippen LogP contribution < -0.4 is 5.32 Å². The van der Waals surface area contributed by atoms with Gasteiger partial charge in [0.25, 0.3) is 0 Å². The zero-order valence-corrected chi connectivity index (χ0v) is 27.8. The van der Waals surface area contributed by atoms with E-state index in [1.807, 2.05) is 74.5 Å². The Kier molecular flexibility index (Phi) is 17.7. The largest absolute Gasteiger partial charge is 0.343 e. The molecule has 0 aromatic rings. The van der Waals surface area contributed by atoms with Gasteiger partial charge in [-0.2, -0.15) is 0 Å². The van der Waals surface area contributed by atoms with Crippen molar-refractivity contribution in [3.63, 3.8) is 0 Å². The van der Waals surface area contributed by atoms with E-state index < -0.39 is 6.04 Å². The predicted molar refractivity (Wildman–Crippen MR) is 164 cm³/mol. The number of nitrogens with zero attached hydrogens (tertiary/aromatic N) is 4. The Morgan fingerprint density at radius 2 is 1.39 bits per heavy atom. The molecular weight excluding hydrogens is 522 g/mol. The van der Waals surface area contributed by atoms with Crippen LogP contribution in [-0.4, -0.2) is 114 Å². The third-order valence-corrected chi connectivity index (χ3v) is 8.06. The van der Waals surface area contributed by atoms with Crippen LogP contribution in [0.3, 0.4) is 0 Å². The van der Waals surface area contributed by atoms with Crippen molar-refractivity contribution in [2.45, 2.75) is 118 Å². The summed E-state index contributed by atoms with van der Waals surface area (Å²) in [5.41, 5.74) is 0. The molecule has 1 N–H and O–H groups in total. The smallest absolute Gasteiger partial charge is 0.245 e. The van der Waals surface area contributed by atoms with E-state index in [-0.39, 0.29) is 53.7 Å². The second-order valence-corrected chi connectivity index (χ2v) is 12.2. The van der Waals surface area contributed by atoms with E-state index in [0.29, 0.717) is 19.0 Å². The molecule has 2 aliphatic rings. The average Bonchev–Trinajstić information content (AvgIpc) is 3.60. The first kappa shape index (κ1) is 38.5. The number of likely N-dealkylation sites (tertiary alicyclic amines) is 2. The number of carbonyl (C=O) groups excluding carboxylic acids is 5. The number of nitrogens with one attached hydrogen (secondary N) is 1. The standard InChI is InChI=1S/C18H37N3O2.C11H16N2O3.C2H6/c1-11(2)14(7)21(10)18(23)15(12(3)4)19-17(22)16(13(5)6)20(8)9;14-7-9-3-1-6-13(9)11(16)10-4-2-5-12(10)8-15;1-2/h11-16H,1-10H3,(H,19,22);7-10H,1-6H2;1-2H3. The second kappa shape index (κ2) is 18.8. The van der Waals surface area contributed by atoms with E-state index in [2.05, 4.69) is 19.2 Å². The molecule has 4 amide bonds. The molecule has 0 saturated carbocycles. The minimum Gasteiger partial charge on any atom is -0.343 e. The Morgan fingerprint density at radius 3 is 1.83 bits per heavy atom. The summed E-state index contributed by atoms with van der Waals surface area (Å²) >= 11 is 0. The highest BCUT2D eigenvalue weighted by atomic mass is 16.2. The van der Waals surface area contributed by atoms with Crippen LogP contribution in [-0.2, 0) is 24.0 Å². The average molecular weight is 582 g/mol. The summed E-state index contributed by atoms with van der Waals surface area (Å²) < 4.78 is 0. The van der Waals surface area contributed by atoms with Crippen molar-refractivity contribution in [2.75, 3.05) is 34.2 Å². The molecule has 0 aliphatic carbocycles. The molecule has 0 bridgehead atoms. The van der Waals surface area contributed by atoms with Gasteiger partial charge < -0.3 is 24.8 Å². The minimum atomic E-state index is -0.491. The lowest BCUT2D eigenvalue weighted by Gasteiger charge is -2.35. The third-order valence-electron chi connectivity index (χ3n) is 8.06. The van der Waals surface area contributed by atoms with Gasteiger partial charge in [-0.25, -0.2) is 0 Å². The topological polar surface area (TPSA) is 110 Å². The Morgan fingerprint density at radius 1 is 0.829 bits per heavy atom. The van der Waals surface area contributed by atoms with Crippen molar-refractivity contribution in [2.24, 2.45) is 17.8 Å². The summed E-state index contributed by atoms with van der Waals surface area (Å²) in [6.07, 6.45) is 4.80. The minimum absolute atomic E-state index is 0.0178. The van der Waals surface area contributed by atoms with Gasteiger partial charge in [0.2, 0.25) is 24.1 Å². The van der Waals surface area contributed by atoms with Crippen LogP contribution in [0.15, 0.2) is 0 Å². The maximum atomic E-state index is 12.8. The van der Waals surface area contributed by atoms with Crippen molar-refractivity contribution in [3.8, 4) is 0 Å². The molecule has 2 fully saturated rings. The summed E-state index contributed by atoms with van der Waals surface area (Å²) in [5.74, 6) is 0.443. The number of aldehydes is 1. The molecule has 10 heteroatoms. The van der Waals surface area contributed by atoms with Crippen LogP contribution in [0.25, 0.3) is 0 Å². The zero-order chi connectivity index (χ0) is 32.0. The van der Waals surface area contributed by atoms with E-state index in [0.717, 1.165) is 38.4 Å². The van der Waals surface area contributed by atoms with Gasteiger partial charge in [0.05, 0.1) is 12.1 Å². The van der Waals surface area contributed by atoms with Gasteiger partial charge in [-0.1, -0.05) is 55.4 Å². The summed E-state index contributed by atoms with van der Waals surface area (Å²) in [6, 6.07) is -1.21. The molecule has 10 nitrogen and oxygen atoms in total. The van der Waals surface area contributed by atoms with Gasteiger partial charge >= 0.3 is 0 Å². The van der Waals surface area contributed by atoms with Crippen LogP contribution in [0.4, 0.5) is 0 Å². The number of hydrogen-bond acceptors (Lipinski definition) is 6. The Bertz CT molecular complexity index is 796. The molecule has 5 unspecified atom stereocenters. The Hall–Kier alpha value is -2.49. The van der Waals surface area contributed by atoms with E-state index in [9.17, 15) is 24.0 Å². The number of amides is 4. The highest BCUT2D eigenvalue weighted by Crippen LogP contribution is 2.23. The van der Waals surface area contributed by atoms with Crippen molar-refractivity contribution in [1.29, 1.82) is 0 Å². The van der Waals surface area contributed by atoms with Gasteiger partial charge in [0.15, 0.2) is 0 Å². The monoisotopic (exact) mass is 581 g/mol. The number of carbonyl (C=O) groups is 5. The number of rotatable bonds is 11. The third kappa shape index (κ3) is 11.0. The fourth-order valence-corrected chi connectivity index (χ4v) is 5.33. The first-order chi connectivity index (χ1) is 19.2. The van der Waals surface area contributed by atoms with Gasteiger partial charge in [0, 0.05) is 26.2 Å². The molecule has 238 valence electrons. The maximum absolute atomic E-state index is 12.8. The summed E-state index contributed by atoms with van der Waals surface area (Å²) in [7, 11) is 5.60. The Labute approximate surface area is 249 Å². The molecule has 0 spiro atoms. The molecule has 5 atom stereocenters. The second-order valence-electron chi connectivity index (χ2n) is 12.2. The summed E-state index contributed by atoms with van der Waals surface area (Å²) in [5, 5.41) is 2.98. The molecule has 0 aromatic carbocycles. The Balaban J connectivity index is 0.000000771. The van der Waals surface area contributed by atoms with Gasteiger partial charge in [-0.3, -0.25) is 24.1 Å². The molecule has 41 heavy (non-hydrogen) atoms. The molecule has 0 aromatic heterocycles. The quantitative estimate of drug-likeness (QED) is 0.376. The number of likely N-dealkylation sites (N-methyl/N-ethyl adjacent to an activating group) is 2. The summed E-state index contributed by atoms with van der Waals surface area (Å²) in [6.45, 7) is 19.5. The number of hydrogen-bond donors (Lipinski definition) is 1. The molecule has 0 radical (unpaired) electrons. The molecule has 2 aliphatic heterocycles. The van der Waals surface area contributed by atoms with Crippen molar-refractivity contribution in [1.82, 2.24) is 24.9 Å². The van der Waals surface area contributed by atoms with Crippen LogP contribution >= 0.6 is 0 Å². The van der Waals surface area contributed by atoms with E-state index >= 15 is 0 Å². The van der Waals surface area contributed by atoms with Crippen LogP contribution in [0.1, 0.15) is 88.0 Å². The fourth-order valence-electron chi connectivity index (χ4n) is 5.33. The van der Waals surface area contributed by atoms with Gasteiger partial charge in [-0.15, -0.1) is 0 Å². The fraction of sp³-hybridized carbons (Fsp3) is 0.839. The van der Waals surface area contributed by atoms with E-state index in [1.165, 1.54) is 0 Å². The van der Waals surface area contributed by atoms with Crippen molar-refractivity contribution in [3.05, 3.63) is 0 Å². The molecule has 2 rings (SSSR count). The normalized spacial score (nSPS) is 20.6. The SMILES string of the molecule is CC.CC(C)C(NC(=O)C(C(C)C)N(C)C)C(=O)N(C)C(C)C(C)C.O=CC1CCCN1C(=O)C1CCCN1C=O. The maximum Gasteiger partial charge on any atom is 0.245 e. The lowest BCUT2D eigenvalue weighted by Crippen LogP contribution is -2.57. The van der Waals surface area contributed by atoms with Crippen LogP contribution in [0, 0.1) is 17.8 Å². The summed E-state index contributed by atoms with van der Waals surface area (Å²) in [4.78, 5) is 66.0. The van der Waals surface area contributed by atoms with E-state index in [4.69, 9.17) is 0 Å². The molecule has 2 saturated heterocycles. The van der Waals surface area contributed by atoms with Gasteiger partial charge in [-0.05, 0) is 64.5 Å². The van der Waals surface area contributed by atoms with Gasteiger partial charge in [0.1, 0.15) is 18.4 Å². The van der Waals surface area contributed by atoms with E-state index in [1.54, 1.807) is 14.7 Å². The molecule has 2 heterocycles. The van der Waals surface area contributed by atoms with Crippen LogP contribution in [0.5, 0.6) is 0 Å². The van der Waals surface area contributed by atoms with Crippen molar-refractivity contribution >= 4 is 30.4 Å². The van der Waals surface area contributed by atoms with Crippen molar-refractivity contribution < 1.29 is 24.0 Å². The highest BCUT2D eigenvalue weighted by molar-refractivity contribution is 5.90. The van der Waals surface area contributed by atoms with Crippen LogP contribution in [0.2, 0.25) is 0 Å². The zero-order valence-electron chi connectivity index (χ0n) is 27.8. The lowest BCUT2D eigenvalue weighted by atomic mass is 9.97. The first-order valence-electron chi connectivity index (χ1n) is 15.4. The highest BCUT2D eigenvalue weighted by Gasteiger charge is 2.37. The predicted octanol–water partition coefficient (Wildman–Crippen LogP) is 3.04.